The van der Waals surface area contributed by atoms with Crippen molar-refractivity contribution in [2.24, 2.45) is 46.3 Å². The van der Waals surface area contributed by atoms with Gasteiger partial charge in [-0.25, -0.2) is 0 Å². The van der Waals surface area contributed by atoms with Crippen LogP contribution < -0.4 is 0 Å². The van der Waals surface area contributed by atoms with Gasteiger partial charge in [0, 0.05) is 13.5 Å². The van der Waals surface area contributed by atoms with Gasteiger partial charge in [-0.2, -0.15) is 0 Å². The molecule has 4 aliphatic rings. The van der Waals surface area contributed by atoms with Gasteiger partial charge < -0.3 is 14.2 Å². The Morgan fingerprint density at radius 3 is 2.61 bits per heavy atom. The topological polar surface area (TPSA) is 44.8 Å². The van der Waals surface area contributed by atoms with Crippen molar-refractivity contribution in [1.29, 1.82) is 0 Å². The highest BCUT2D eigenvalue weighted by Gasteiger charge is 2.62. The number of rotatable bonds is 7. The summed E-state index contributed by atoms with van der Waals surface area (Å²) in [5.74, 6) is 3.95. The van der Waals surface area contributed by atoms with E-state index in [-0.39, 0.29) is 5.97 Å². The van der Waals surface area contributed by atoms with Crippen molar-refractivity contribution in [1.82, 2.24) is 0 Å². The summed E-state index contributed by atoms with van der Waals surface area (Å²) in [6.07, 6.45) is 15.7. The zero-order valence-corrected chi connectivity index (χ0v) is 20.4. The predicted molar refractivity (Wildman–Crippen MR) is 122 cm³/mol. The fourth-order valence-electron chi connectivity index (χ4n) is 8.72. The fraction of sp³-hybridized carbons (Fsp3) is 0.889. The van der Waals surface area contributed by atoms with E-state index in [4.69, 9.17) is 14.2 Å². The van der Waals surface area contributed by atoms with Crippen LogP contribution in [0.3, 0.4) is 0 Å². The van der Waals surface area contributed by atoms with Gasteiger partial charge in [0.1, 0.15) is 6.79 Å². The zero-order valence-electron chi connectivity index (χ0n) is 20.4. The predicted octanol–water partition coefficient (Wildman–Crippen LogP) is 6.00. The van der Waals surface area contributed by atoms with Crippen LogP contribution in [0.2, 0.25) is 0 Å². The van der Waals surface area contributed by atoms with Crippen LogP contribution in [0.1, 0.15) is 78.6 Å². The van der Waals surface area contributed by atoms with Crippen LogP contribution in [-0.2, 0) is 19.0 Å². The van der Waals surface area contributed by atoms with Crippen molar-refractivity contribution in [2.75, 3.05) is 21.0 Å². The molecule has 0 spiro atoms. The van der Waals surface area contributed by atoms with Crippen molar-refractivity contribution in [3.8, 4) is 0 Å². The number of hydrogen-bond donors (Lipinski definition) is 0. The van der Waals surface area contributed by atoms with E-state index in [9.17, 15) is 4.79 Å². The molecule has 1 unspecified atom stereocenters. The number of fused-ring (bicyclic) bond motifs is 5. The van der Waals surface area contributed by atoms with Crippen molar-refractivity contribution in [3.05, 3.63) is 12.2 Å². The Balaban J connectivity index is 1.57. The Kier molecular flexibility index (Phi) is 6.89. The molecule has 0 aliphatic heterocycles. The van der Waals surface area contributed by atoms with Crippen LogP contribution in [0, 0.1) is 46.3 Å². The normalized spacial score (nSPS) is 44.8. The molecule has 0 aromatic carbocycles. The maximum Gasteiger partial charge on any atom is 0.305 e. The van der Waals surface area contributed by atoms with Gasteiger partial charge in [0.15, 0.2) is 0 Å². The zero-order chi connectivity index (χ0) is 22.2. The average Bonchev–Trinajstić information content (AvgIpc) is 3.12. The van der Waals surface area contributed by atoms with E-state index in [1.165, 1.54) is 45.6 Å². The molecule has 0 saturated heterocycles. The van der Waals surface area contributed by atoms with Crippen molar-refractivity contribution < 1.29 is 19.0 Å². The quantitative estimate of drug-likeness (QED) is 0.281. The highest BCUT2D eigenvalue weighted by Crippen LogP contribution is 2.68. The molecule has 0 radical (unpaired) electrons. The second kappa shape index (κ2) is 9.17. The Hall–Kier alpha value is -0.870. The van der Waals surface area contributed by atoms with E-state index in [2.05, 4.69) is 32.9 Å². The number of methoxy groups -OCH3 is 2. The summed E-state index contributed by atoms with van der Waals surface area (Å²) in [7, 11) is 3.24. The molecule has 31 heavy (non-hydrogen) atoms. The van der Waals surface area contributed by atoms with Crippen molar-refractivity contribution in [3.63, 3.8) is 0 Å². The minimum absolute atomic E-state index is 0.0695. The molecule has 4 rings (SSSR count). The van der Waals surface area contributed by atoms with E-state index in [1.54, 1.807) is 7.11 Å². The lowest BCUT2D eigenvalue weighted by Crippen LogP contribution is -2.57. The van der Waals surface area contributed by atoms with Gasteiger partial charge in [-0.15, -0.1) is 0 Å². The van der Waals surface area contributed by atoms with Crippen LogP contribution in [0.25, 0.3) is 0 Å². The largest absolute Gasteiger partial charge is 0.469 e. The second-order valence-electron chi connectivity index (χ2n) is 11.5. The standard InChI is InChI=1S/C27H44O4/c1-18(9-12-24(28)30-5)20-10-11-21-25-22(13-15-27(20,21)3)26(2)14-7-6-8-19(26)16-23(25)31-17-29-4/h6,8,18-23,25H,7,9-17H2,1-5H3/t18?,19-,20+,21-,22-,23-,25-,26-,27+/m0/s1. The summed E-state index contributed by atoms with van der Waals surface area (Å²) in [4.78, 5) is 11.7. The summed E-state index contributed by atoms with van der Waals surface area (Å²) in [6.45, 7) is 7.93. The average molecular weight is 433 g/mol. The molecule has 3 saturated carbocycles. The first-order valence-electron chi connectivity index (χ1n) is 12.7. The molecule has 0 N–H and O–H groups in total. The van der Waals surface area contributed by atoms with E-state index < -0.39 is 0 Å². The molecular formula is C27H44O4. The minimum atomic E-state index is -0.0695. The van der Waals surface area contributed by atoms with Crippen LogP contribution in [0.4, 0.5) is 0 Å². The van der Waals surface area contributed by atoms with Gasteiger partial charge in [-0.05, 0) is 97.7 Å². The summed E-state index contributed by atoms with van der Waals surface area (Å²) >= 11 is 0. The highest BCUT2D eigenvalue weighted by molar-refractivity contribution is 5.69. The van der Waals surface area contributed by atoms with Crippen LogP contribution in [-0.4, -0.2) is 33.1 Å². The second-order valence-corrected chi connectivity index (χ2v) is 11.5. The number of ether oxygens (including phenoxy) is 3. The molecule has 0 amide bonds. The Labute approximate surface area is 189 Å². The molecular weight excluding hydrogens is 388 g/mol. The first kappa shape index (κ1) is 23.3. The van der Waals surface area contributed by atoms with Crippen LogP contribution >= 0.6 is 0 Å². The summed E-state index contributed by atoms with van der Waals surface area (Å²) in [6, 6.07) is 0. The van der Waals surface area contributed by atoms with Crippen molar-refractivity contribution in [2.45, 2.75) is 84.7 Å². The highest BCUT2D eigenvalue weighted by atomic mass is 16.7. The maximum atomic E-state index is 11.7. The number of esters is 1. The fourth-order valence-corrected chi connectivity index (χ4v) is 8.72. The molecule has 3 fully saturated rings. The first-order chi connectivity index (χ1) is 14.8. The van der Waals surface area contributed by atoms with Gasteiger partial charge in [0.05, 0.1) is 13.2 Å². The molecule has 0 aromatic rings. The van der Waals surface area contributed by atoms with E-state index in [1.807, 2.05) is 0 Å². The third-order valence-corrected chi connectivity index (χ3v) is 10.4. The SMILES string of the molecule is COCO[C@H]1C[C@@H]2C=CCC[C@]2(C)[C@H]2CC[C@]3(C)[C@@H](C(C)CCC(=O)OC)CC[C@H]3[C@H]12. The lowest BCUT2D eigenvalue weighted by Gasteiger charge is -2.61. The molecule has 0 aromatic heterocycles. The summed E-state index contributed by atoms with van der Waals surface area (Å²) in [5, 5.41) is 0. The Bertz CT molecular complexity index is 674. The van der Waals surface area contributed by atoms with Crippen LogP contribution in [0.15, 0.2) is 12.2 Å². The van der Waals surface area contributed by atoms with Gasteiger partial charge in [-0.1, -0.05) is 32.9 Å². The Morgan fingerprint density at radius 1 is 1.10 bits per heavy atom. The minimum Gasteiger partial charge on any atom is -0.469 e. The molecule has 0 heterocycles. The van der Waals surface area contributed by atoms with Gasteiger partial charge in [0.2, 0.25) is 0 Å². The van der Waals surface area contributed by atoms with E-state index in [0.717, 1.165) is 24.7 Å². The Morgan fingerprint density at radius 2 is 1.87 bits per heavy atom. The molecule has 0 bridgehead atoms. The van der Waals surface area contributed by atoms with E-state index in [0.29, 0.717) is 53.8 Å². The number of carbonyl (C=O) groups is 1. The van der Waals surface area contributed by atoms with Crippen molar-refractivity contribution >= 4 is 5.97 Å². The van der Waals surface area contributed by atoms with Gasteiger partial charge >= 0.3 is 5.97 Å². The first-order valence-corrected chi connectivity index (χ1v) is 12.7. The number of hydrogen-bond acceptors (Lipinski definition) is 4. The lowest BCUT2D eigenvalue weighted by molar-refractivity contribution is -0.191. The summed E-state index contributed by atoms with van der Waals surface area (Å²) in [5.41, 5.74) is 0.779. The van der Waals surface area contributed by atoms with Crippen LogP contribution in [0.5, 0.6) is 0 Å². The molecule has 9 atom stereocenters. The summed E-state index contributed by atoms with van der Waals surface area (Å²) < 4.78 is 16.7. The third kappa shape index (κ3) is 4.01. The molecule has 4 heteroatoms. The molecule has 176 valence electrons. The van der Waals surface area contributed by atoms with Gasteiger partial charge in [0.25, 0.3) is 0 Å². The number of carbonyl (C=O) groups excluding carboxylic acids is 1. The van der Waals surface area contributed by atoms with E-state index >= 15 is 0 Å². The monoisotopic (exact) mass is 432 g/mol. The maximum absolute atomic E-state index is 11.7. The number of allylic oxidation sites excluding steroid dienone is 2. The lowest BCUT2D eigenvalue weighted by atomic mass is 9.44. The smallest absolute Gasteiger partial charge is 0.305 e. The molecule has 4 aliphatic carbocycles. The molecule has 4 nitrogen and oxygen atoms in total. The van der Waals surface area contributed by atoms with Gasteiger partial charge in [-0.3, -0.25) is 4.79 Å². The third-order valence-electron chi connectivity index (χ3n) is 10.4.